The minimum absolute atomic E-state index is 0.591. The van der Waals surface area contributed by atoms with E-state index < -0.39 is 0 Å². The van der Waals surface area contributed by atoms with Gasteiger partial charge in [0.05, 0.1) is 0 Å². The second kappa shape index (κ2) is 4.19. The number of hydrogen-bond donors (Lipinski definition) is 1. The predicted octanol–water partition coefficient (Wildman–Crippen LogP) is 1.69. The lowest BCUT2D eigenvalue weighted by Gasteiger charge is -2.19. The number of rotatable bonds is 4. The average Bonchev–Trinajstić information content (AvgIpc) is 3.00. The maximum atomic E-state index is 5.66. The van der Waals surface area contributed by atoms with Crippen molar-refractivity contribution in [3.8, 4) is 0 Å². The third kappa shape index (κ3) is 2.69. The summed E-state index contributed by atoms with van der Waals surface area (Å²) in [6, 6.07) is 4.14. The quantitative estimate of drug-likeness (QED) is 0.813. The molecule has 0 spiro atoms. The number of hydrogen-bond acceptors (Lipinski definition) is 3. The Bertz CT molecular complexity index is 345. The first kappa shape index (κ1) is 10.4. The molecule has 0 aromatic carbocycles. The van der Waals surface area contributed by atoms with Crippen LogP contribution >= 0.6 is 0 Å². The molecule has 3 nitrogen and oxygen atoms in total. The van der Waals surface area contributed by atoms with Crippen molar-refractivity contribution in [1.29, 1.82) is 0 Å². The molecule has 0 saturated heterocycles. The summed E-state index contributed by atoms with van der Waals surface area (Å²) < 4.78 is 0. The number of nitrogens with zero attached hydrogens (tertiary/aromatic N) is 2. The number of aromatic nitrogens is 1. The highest BCUT2D eigenvalue weighted by Gasteiger charge is 2.23. The molecule has 1 aliphatic carbocycles. The van der Waals surface area contributed by atoms with E-state index in [4.69, 9.17) is 5.73 Å². The number of pyridine rings is 1. The van der Waals surface area contributed by atoms with Gasteiger partial charge in [0.15, 0.2) is 0 Å². The molecule has 1 heterocycles. The monoisotopic (exact) mass is 205 g/mol. The topological polar surface area (TPSA) is 42.1 Å². The minimum atomic E-state index is 0.591. The summed E-state index contributed by atoms with van der Waals surface area (Å²) in [4.78, 5) is 6.77. The van der Waals surface area contributed by atoms with E-state index in [0.29, 0.717) is 6.54 Å². The highest BCUT2D eigenvalue weighted by Crippen LogP contribution is 2.30. The second-order valence-corrected chi connectivity index (χ2v) is 4.50. The first-order chi connectivity index (χ1) is 7.19. The molecule has 0 radical (unpaired) electrons. The van der Waals surface area contributed by atoms with Gasteiger partial charge >= 0.3 is 0 Å². The molecule has 0 amide bonds. The molecular weight excluding hydrogens is 186 g/mol. The molecule has 1 aromatic heterocycles. The smallest absolute Gasteiger partial charge is 0.128 e. The Balaban J connectivity index is 2.13. The van der Waals surface area contributed by atoms with Crippen molar-refractivity contribution in [2.24, 2.45) is 11.7 Å². The van der Waals surface area contributed by atoms with Crippen LogP contribution in [0.15, 0.2) is 12.1 Å². The van der Waals surface area contributed by atoms with Crippen molar-refractivity contribution < 1.29 is 0 Å². The van der Waals surface area contributed by atoms with Gasteiger partial charge in [-0.2, -0.15) is 0 Å². The number of anilines is 1. The minimum Gasteiger partial charge on any atom is -0.359 e. The summed E-state index contributed by atoms with van der Waals surface area (Å²) in [5, 5.41) is 0. The van der Waals surface area contributed by atoms with Gasteiger partial charge in [0, 0.05) is 25.8 Å². The van der Waals surface area contributed by atoms with Gasteiger partial charge in [0.25, 0.3) is 0 Å². The van der Waals surface area contributed by atoms with Gasteiger partial charge in [0.2, 0.25) is 0 Å². The van der Waals surface area contributed by atoms with Crippen LogP contribution in [0.2, 0.25) is 0 Å². The fourth-order valence-corrected chi connectivity index (χ4v) is 1.82. The highest BCUT2D eigenvalue weighted by atomic mass is 15.2. The highest BCUT2D eigenvalue weighted by molar-refractivity contribution is 5.42. The van der Waals surface area contributed by atoms with Crippen molar-refractivity contribution in [2.45, 2.75) is 26.3 Å². The van der Waals surface area contributed by atoms with Gasteiger partial charge in [-0.25, -0.2) is 4.98 Å². The van der Waals surface area contributed by atoms with E-state index >= 15 is 0 Å². The second-order valence-electron chi connectivity index (χ2n) is 4.50. The van der Waals surface area contributed by atoms with E-state index in [9.17, 15) is 0 Å². The average molecular weight is 205 g/mol. The lowest BCUT2D eigenvalue weighted by atomic mass is 10.2. The van der Waals surface area contributed by atoms with E-state index in [1.807, 2.05) is 6.92 Å². The fourth-order valence-electron chi connectivity index (χ4n) is 1.82. The summed E-state index contributed by atoms with van der Waals surface area (Å²) >= 11 is 0. The third-order valence-electron chi connectivity index (χ3n) is 2.86. The fraction of sp³-hybridized carbons (Fsp3) is 0.583. The molecule has 82 valence electrons. The zero-order valence-corrected chi connectivity index (χ0v) is 9.53. The van der Waals surface area contributed by atoms with Gasteiger partial charge in [-0.15, -0.1) is 0 Å². The van der Waals surface area contributed by atoms with Gasteiger partial charge in [-0.05, 0) is 43.4 Å². The molecule has 1 saturated carbocycles. The summed E-state index contributed by atoms with van der Waals surface area (Å²) in [5.41, 5.74) is 7.87. The van der Waals surface area contributed by atoms with Crippen molar-refractivity contribution in [2.75, 3.05) is 18.5 Å². The van der Waals surface area contributed by atoms with Crippen LogP contribution in [0.25, 0.3) is 0 Å². The SMILES string of the molecule is Cc1cc(CN)cc(N(C)CC2CC2)n1. The van der Waals surface area contributed by atoms with Crippen molar-refractivity contribution in [3.05, 3.63) is 23.4 Å². The van der Waals surface area contributed by atoms with Gasteiger partial charge in [-0.1, -0.05) is 0 Å². The molecule has 1 aliphatic rings. The molecule has 1 aromatic rings. The Morgan fingerprint density at radius 2 is 2.20 bits per heavy atom. The molecule has 2 rings (SSSR count). The largest absolute Gasteiger partial charge is 0.359 e. The molecule has 0 aliphatic heterocycles. The Labute approximate surface area is 91.3 Å². The lowest BCUT2D eigenvalue weighted by Crippen LogP contribution is -2.21. The molecule has 0 unspecified atom stereocenters. The molecule has 1 fully saturated rings. The Kier molecular flexibility index (Phi) is 2.91. The van der Waals surface area contributed by atoms with Crippen LogP contribution in [0.3, 0.4) is 0 Å². The number of nitrogens with two attached hydrogens (primary N) is 1. The van der Waals surface area contributed by atoms with Crippen molar-refractivity contribution in [3.63, 3.8) is 0 Å². The van der Waals surface area contributed by atoms with E-state index in [-0.39, 0.29) is 0 Å². The molecule has 0 bridgehead atoms. The van der Waals surface area contributed by atoms with Gasteiger partial charge in [-0.3, -0.25) is 0 Å². The molecule has 0 atom stereocenters. The third-order valence-corrected chi connectivity index (χ3v) is 2.86. The van der Waals surface area contributed by atoms with Crippen LogP contribution in [0.4, 0.5) is 5.82 Å². The van der Waals surface area contributed by atoms with Gasteiger partial charge in [0.1, 0.15) is 5.82 Å². The van der Waals surface area contributed by atoms with Crippen LogP contribution < -0.4 is 10.6 Å². The Morgan fingerprint density at radius 1 is 1.47 bits per heavy atom. The van der Waals surface area contributed by atoms with Gasteiger partial charge < -0.3 is 10.6 Å². The van der Waals surface area contributed by atoms with E-state index in [1.165, 1.54) is 18.4 Å². The zero-order chi connectivity index (χ0) is 10.8. The lowest BCUT2D eigenvalue weighted by molar-refractivity contribution is 0.774. The summed E-state index contributed by atoms with van der Waals surface area (Å²) in [6.45, 7) is 3.74. The van der Waals surface area contributed by atoms with Crippen LogP contribution in [0.1, 0.15) is 24.1 Å². The molecule has 15 heavy (non-hydrogen) atoms. The normalized spacial score (nSPS) is 15.4. The number of aryl methyl sites for hydroxylation is 1. The van der Waals surface area contributed by atoms with Crippen LogP contribution in [0, 0.1) is 12.8 Å². The zero-order valence-electron chi connectivity index (χ0n) is 9.53. The van der Waals surface area contributed by atoms with E-state index in [0.717, 1.165) is 24.0 Å². The van der Waals surface area contributed by atoms with Crippen LogP contribution in [-0.2, 0) is 6.54 Å². The summed E-state index contributed by atoms with van der Waals surface area (Å²) in [7, 11) is 2.11. The van der Waals surface area contributed by atoms with Crippen molar-refractivity contribution in [1.82, 2.24) is 4.98 Å². The Hall–Kier alpha value is -1.09. The first-order valence-electron chi connectivity index (χ1n) is 5.58. The summed E-state index contributed by atoms with van der Waals surface area (Å²) in [5.74, 6) is 1.95. The molecular formula is C12H19N3. The van der Waals surface area contributed by atoms with Crippen LogP contribution in [-0.4, -0.2) is 18.6 Å². The maximum absolute atomic E-state index is 5.66. The maximum Gasteiger partial charge on any atom is 0.128 e. The standard InChI is InChI=1S/C12H19N3/c1-9-5-11(7-13)6-12(14-9)15(2)8-10-3-4-10/h5-6,10H,3-4,7-8,13H2,1-2H3. The van der Waals surface area contributed by atoms with Crippen LogP contribution in [0.5, 0.6) is 0 Å². The molecule has 3 heteroatoms. The Morgan fingerprint density at radius 3 is 2.80 bits per heavy atom. The van der Waals surface area contributed by atoms with Crippen molar-refractivity contribution >= 4 is 5.82 Å². The van der Waals surface area contributed by atoms with E-state index in [1.54, 1.807) is 0 Å². The first-order valence-corrected chi connectivity index (χ1v) is 5.58. The predicted molar refractivity (Wildman–Crippen MR) is 62.9 cm³/mol. The summed E-state index contributed by atoms with van der Waals surface area (Å²) in [6.07, 6.45) is 2.75. The molecule has 2 N–H and O–H groups in total. The van der Waals surface area contributed by atoms with E-state index in [2.05, 4.69) is 29.1 Å².